The van der Waals surface area contributed by atoms with Crippen LogP contribution in [-0.2, 0) is 0 Å². The monoisotopic (exact) mass is 314 g/mol. The fourth-order valence-corrected chi connectivity index (χ4v) is 4.18. The van der Waals surface area contributed by atoms with Crippen LogP contribution < -0.4 is 0 Å². The number of hydrogen-bond donors (Lipinski definition) is 0. The van der Waals surface area contributed by atoms with Crippen LogP contribution in [-0.4, -0.2) is 28.3 Å². The zero-order valence-electron chi connectivity index (χ0n) is 12.7. The van der Waals surface area contributed by atoms with E-state index in [1.807, 2.05) is 35.0 Å². The molecule has 3 nitrogen and oxygen atoms in total. The molecule has 0 saturated carbocycles. The van der Waals surface area contributed by atoms with Gasteiger partial charge in [-0.25, -0.2) is 0 Å². The van der Waals surface area contributed by atoms with Crippen molar-refractivity contribution in [3.05, 3.63) is 52.3 Å². The number of carbonyl (C=O) groups is 1. The van der Waals surface area contributed by atoms with E-state index in [2.05, 4.69) is 11.8 Å². The lowest BCUT2D eigenvalue weighted by Crippen LogP contribution is -2.41. The summed E-state index contributed by atoms with van der Waals surface area (Å²) in [4.78, 5) is 15.4. The molecule has 1 aromatic carbocycles. The SMILES string of the molecule is Cc1cc(Cl)cc2c1-n1cccc1C(=O)C2N1CCCCC1. The fourth-order valence-electron chi connectivity index (χ4n) is 3.90. The first-order chi connectivity index (χ1) is 10.7. The lowest BCUT2D eigenvalue weighted by molar-refractivity contribution is 0.0765. The van der Waals surface area contributed by atoms with Gasteiger partial charge in [-0.3, -0.25) is 9.69 Å². The van der Waals surface area contributed by atoms with Crippen molar-refractivity contribution in [1.82, 2.24) is 9.47 Å². The molecule has 1 aromatic heterocycles. The van der Waals surface area contributed by atoms with Gasteiger partial charge in [-0.1, -0.05) is 18.0 Å². The second kappa shape index (κ2) is 5.25. The van der Waals surface area contributed by atoms with Crippen molar-refractivity contribution < 1.29 is 4.79 Å². The molecule has 114 valence electrons. The van der Waals surface area contributed by atoms with Crippen molar-refractivity contribution in [3.63, 3.8) is 0 Å². The summed E-state index contributed by atoms with van der Waals surface area (Å²) in [7, 11) is 0. The molecule has 1 fully saturated rings. The molecule has 2 aliphatic rings. The number of ketones is 1. The summed E-state index contributed by atoms with van der Waals surface area (Å²) < 4.78 is 2.02. The number of likely N-dealkylation sites (tertiary alicyclic amines) is 1. The Bertz CT molecular complexity index is 744. The van der Waals surface area contributed by atoms with Crippen LogP contribution in [0.5, 0.6) is 0 Å². The maximum absolute atomic E-state index is 13.1. The number of carbonyl (C=O) groups excluding carboxylic acids is 1. The second-order valence-corrected chi connectivity index (χ2v) is 6.72. The van der Waals surface area contributed by atoms with Crippen molar-refractivity contribution >= 4 is 17.4 Å². The van der Waals surface area contributed by atoms with E-state index in [-0.39, 0.29) is 11.8 Å². The van der Waals surface area contributed by atoms with E-state index < -0.39 is 0 Å². The highest BCUT2D eigenvalue weighted by Crippen LogP contribution is 2.39. The molecule has 2 aliphatic heterocycles. The van der Waals surface area contributed by atoms with Gasteiger partial charge in [0.2, 0.25) is 5.78 Å². The molecule has 4 heteroatoms. The van der Waals surface area contributed by atoms with Crippen LogP contribution in [0.1, 0.15) is 46.9 Å². The smallest absolute Gasteiger partial charge is 0.201 e. The van der Waals surface area contributed by atoms with Gasteiger partial charge in [-0.05, 0) is 62.7 Å². The number of halogens is 1. The van der Waals surface area contributed by atoms with E-state index in [4.69, 9.17) is 11.6 Å². The summed E-state index contributed by atoms with van der Waals surface area (Å²) in [6.07, 6.45) is 5.56. The molecule has 0 bridgehead atoms. The van der Waals surface area contributed by atoms with Crippen LogP contribution >= 0.6 is 11.6 Å². The third-order valence-electron chi connectivity index (χ3n) is 4.84. The highest BCUT2D eigenvalue weighted by molar-refractivity contribution is 6.30. The van der Waals surface area contributed by atoms with Crippen molar-refractivity contribution in [3.8, 4) is 5.69 Å². The standard InChI is InChI=1S/C18H19ClN2O/c1-12-10-13(19)11-14-16(12)21-9-5-6-15(21)18(22)17(14)20-7-3-2-4-8-20/h5-6,9-11,17H,2-4,7-8H2,1H3. The normalized spacial score (nSPS) is 21.5. The summed E-state index contributed by atoms with van der Waals surface area (Å²) in [5.74, 6) is 0.195. The average molecular weight is 315 g/mol. The molecule has 3 heterocycles. The number of Topliss-reactive ketones (excluding diaryl/α,β-unsaturated/α-hetero) is 1. The Morgan fingerprint density at radius 1 is 1.18 bits per heavy atom. The summed E-state index contributed by atoms with van der Waals surface area (Å²) in [6.45, 7) is 4.04. The third kappa shape index (κ3) is 2.03. The Kier molecular flexibility index (Phi) is 3.35. The third-order valence-corrected chi connectivity index (χ3v) is 5.05. The Labute approximate surface area is 135 Å². The molecule has 1 unspecified atom stereocenters. The number of benzene rings is 1. The van der Waals surface area contributed by atoms with E-state index in [1.54, 1.807) is 0 Å². The van der Waals surface area contributed by atoms with E-state index in [0.29, 0.717) is 5.02 Å². The first-order valence-corrected chi connectivity index (χ1v) is 8.30. The van der Waals surface area contributed by atoms with Gasteiger partial charge in [0.25, 0.3) is 0 Å². The molecule has 0 N–H and O–H groups in total. The number of aryl methyl sites for hydroxylation is 1. The highest BCUT2D eigenvalue weighted by atomic mass is 35.5. The molecule has 0 radical (unpaired) electrons. The van der Waals surface area contributed by atoms with Crippen molar-refractivity contribution in [2.75, 3.05) is 13.1 Å². The number of piperidine rings is 1. The van der Waals surface area contributed by atoms with Crippen LogP contribution in [0.3, 0.4) is 0 Å². The second-order valence-electron chi connectivity index (χ2n) is 6.29. The van der Waals surface area contributed by atoms with E-state index in [1.165, 1.54) is 19.3 Å². The quantitative estimate of drug-likeness (QED) is 0.789. The van der Waals surface area contributed by atoms with Crippen LogP contribution in [0.25, 0.3) is 5.69 Å². The molecular weight excluding hydrogens is 296 g/mol. The molecule has 0 aliphatic carbocycles. The number of aromatic nitrogens is 1. The number of rotatable bonds is 1. The minimum absolute atomic E-state index is 0.185. The molecule has 4 rings (SSSR count). The minimum Gasteiger partial charge on any atom is -0.313 e. The average Bonchev–Trinajstić information content (AvgIpc) is 2.97. The zero-order valence-corrected chi connectivity index (χ0v) is 13.4. The fraction of sp³-hybridized carbons (Fsp3) is 0.389. The van der Waals surface area contributed by atoms with Gasteiger partial charge in [-0.15, -0.1) is 0 Å². The molecular formula is C18H19ClN2O. The number of fused-ring (bicyclic) bond motifs is 3. The first-order valence-electron chi connectivity index (χ1n) is 7.93. The van der Waals surface area contributed by atoms with Crippen molar-refractivity contribution in [1.29, 1.82) is 0 Å². The largest absolute Gasteiger partial charge is 0.313 e. The van der Waals surface area contributed by atoms with Crippen LogP contribution in [0.4, 0.5) is 0 Å². The summed E-state index contributed by atoms with van der Waals surface area (Å²) in [6, 6.07) is 7.65. The lowest BCUT2D eigenvalue weighted by atomic mass is 9.90. The van der Waals surface area contributed by atoms with Gasteiger partial charge >= 0.3 is 0 Å². The molecule has 1 atom stereocenters. The lowest BCUT2D eigenvalue weighted by Gasteiger charge is -2.38. The zero-order chi connectivity index (χ0) is 15.3. The molecule has 0 amide bonds. The molecule has 2 aromatic rings. The number of nitrogens with zero attached hydrogens (tertiary/aromatic N) is 2. The summed E-state index contributed by atoms with van der Waals surface area (Å²) >= 11 is 6.30. The Morgan fingerprint density at radius 3 is 2.73 bits per heavy atom. The van der Waals surface area contributed by atoms with Gasteiger partial charge in [0, 0.05) is 16.8 Å². The van der Waals surface area contributed by atoms with Gasteiger partial charge in [0.1, 0.15) is 6.04 Å². The Hall–Kier alpha value is -1.58. The van der Waals surface area contributed by atoms with Crippen LogP contribution in [0, 0.1) is 6.92 Å². The first kappa shape index (κ1) is 14.0. The summed E-state index contributed by atoms with van der Waals surface area (Å²) in [5, 5.41) is 0.710. The van der Waals surface area contributed by atoms with E-state index in [0.717, 1.165) is 35.6 Å². The van der Waals surface area contributed by atoms with Crippen molar-refractivity contribution in [2.24, 2.45) is 0 Å². The highest BCUT2D eigenvalue weighted by Gasteiger charge is 2.37. The predicted octanol–water partition coefficient (Wildman–Crippen LogP) is 4.16. The summed E-state index contributed by atoms with van der Waals surface area (Å²) in [5.41, 5.74) is 4.09. The molecule has 22 heavy (non-hydrogen) atoms. The van der Waals surface area contributed by atoms with E-state index in [9.17, 15) is 4.79 Å². The maximum atomic E-state index is 13.1. The van der Waals surface area contributed by atoms with Gasteiger partial charge in [0.15, 0.2) is 0 Å². The Morgan fingerprint density at radius 2 is 1.95 bits per heavy atom. The van der Waals surface area contributed by atoms with Gasteiger partial charge in [0.05, 0.1) is 11.4 Å². The molecule has 0 spiro atoms. The van der Waals surface area contributed by atoms with E-state index >= 15 is 0 Å². The van der Waals surface area contributed by atoms with Gasteiger partial charge < -0.3 is 4.57 Å². The van der Waals surface area contributed by atoms with Gasteiger partial charge in [-0.2, -0.15) is 0 Å². The topological polar surface area (TPSA) is 25.2 Å². The van der Waals surface area contributed by atoms with Crippen LogP contribution in [0.15, 0.2) is 30.5 Å². The number of hydrogen-bond acceptors (Lipinski definition) is 2. The molecule has 1 saturated heterocycles. The minimum atomic E-state index is -0.185. The Balaban J connectivity index is 1.93. The predicted molar refractivity (Wildman–Crippen MR) is 88.0 cm³/mol. The maximum Gasteiger partial charge on any atom is 0.201 e. The van der Waals surface area contributed by atoms with Crippen LogP contribution in [0.2, 0.25) is 5.02 Å². The van der Waals surface area contributed by atoms with Crippen molar-refractivity contribution in [2.45, 2.75) is 32.2 Å².